The van der Waals surface area contributed by atoms with E-state index in [1.165, 1.54) is 4.90 Å². The van der Waals surface area contributed by atoms with Crippen molar-refractivity contribution in [2.45, 2.75) is 6.42 Å². The quantitative estimate of drug-likeness (QED) is 0.583. The maximum atomic E-state index is 11.8. The number of amides is 2. The van der Waals surface area contributed by atoms with E-state index in [1.807, 2.05) is 6.08 Å². The molecule has 0 radical (unpaired) electrons. The van der Waals surface area contributed by atoms with Crippen LogP contribution in [0.15, 0.2) is 24.4 Å². The van der Waals surface area contributed by atoms with Crippen molar-refractivity contribution < 1.29 is 9.59 Å². The molecule has 0 saturated carbocycles. The Morgan fingerprint density at radius 1 is 1.50 bits per heavy atom. The molecule has 0 N–H and O–H groups in total. The first-order valence-corrected chi connectivity index (χ1v) is 4.64. The number of rotatable bonds is 2. The summed E-state index contributed by atoms with van der Waals surface area (Å²) in [5, 5.41) is 0. The van der Waals surface area contributed by atoms with E-state index in [-0.39, 0.29) is 18.4 Å². The molecule has 4 heteroatoms. The Morgan fingerprint density at radius 3 is 3.00 bits per heavy atom. The zero-order chi connectivity index (χ0) is 10.1. The van der Waals surface area contributed by atoms with Crippen LogP contribution in [0.25, 0.3) is 0 Å². The van der Waals surface area contributed by atoms with Gasteiger partial charge in [-0.1, -0.05) is 12.2 Å². The van der Waals surface area contributed by atoms with E-state index >= 15 is 0 Å². The van der Waals surface area contributed by atoms with Crippen LogP contribution in [0, 0.1) is 0 Å². The topological polar surface area (TPSA) is 40.6 Å². The third-order valence-corrected chi connectivity index (χ3v) is 2.46. The molecule has 0 unspecified atom stereocenters. The molecule has 0 aromatic heterocycles. The van der Waals surface area contributed by atoms with E-state index in [0.29, 0.717) is 18.8 Å². The number of piperazine rings is 1. The first-order valence-electron chi connectivity index (χ1n) is 4.64. The molecule has 2 rings (SSSR count). The van der Waals surface area contributed by atoms with Crippen LogP contribution in [0.5, 0.6) is 0 Å². The molecule has 0 atom stereocenters. The summed E-state index contributed by atoms with van der Waals surface area (Å²) in [7, 11) is 0. The van der Waals surface area contributed by atoms with Gasteiger partial charge in [0.15, 0.2) is 0 Å². The second kappa shape index (κ2) is 3.29. The van der Waals surface area contributed by atoms with Crippen LogP contribution in [0.3, 0.4) is 0 Å². The predicted molar refractivity (Wildman–Crippen MR) is 51.2 cm³/mol. The van der Waals surface area contributed by atoms with Gasteiger partial charge in [0.2, 0.25) is 5.91 Å². The average Bonchev–Trinajstić information content (AvgIpc) is 2.63. The summed E-state index contributed by atoms with van der Waals surface area (Å²) in [4.78, 5) is 26.4. The van der Waals surface area contributed by atoms with Gasteiger partial charge in [0.25, 0.3) is 5.91 Å². The van der Waals surface area contributed by atoms with Gasteiger partial charge < -0.3 is 9.80 Å². The summed E-state index contributed by atoms with van der Waals surface area (Å²) >= 11 is 0. The lowest BCUT2D eigenvalue weighted by molar-refractivity contribution is -0.144. The fourth-order valence-corrected chi connectivity index (χ4v) is 1.81. The highest BCUT2D eigenvalue weighted by Gasteiger charge is 2.35. The molecular formula is C10H12N2O2. The zero-order valence-corrected chi connectivity index (χ0v) is 7.90. The van der Waals surface area contributed by atoms with Crippen molar-refractivity contribution >= 4 is 11.8 Å². The van der Waals surface area contributed by atoms with Gasteiger partial charge in [0.1, 0.15) is 12.2 Å². The smallest absolute Gasteiger partial charge is 0.270 e. The molecule has 0 aromatic carbocycles. The molecule has 2 aliphatic heterocycles. The van der Waals surface area contributed by atoms with Gasteiger partial charge in [-0.25, -0.2) is 0 Å². The molecule has 2 aliphatic rings. The van der Waals surface area contributed by atoms with Crippen LogP contribution < -0.4 is 0 Å². The minimum atomic E-state index is -0.0537. The van der Waals surface area contributed by atoms with Gasteiger partial charge in [-0.15, -0.1) is 6.58 Å². The first-order chi connectivity index (χ1) is 6.74. The van der Waals surface area contributed by atoms with Crippen molar-refractivity contribution in [3.05, 3.63) is 24.4 Å². The SMILES string of the molecule is C=CCN1CC(=O)N2CCC=C2C1=O. The lowest BCUT2D eigenvalue weighted by Gasteiger charge is -2.32. The number of carbonyl (C=O) groups is 2. The molecule has 0 aromatic rings. The Bertz CT molecular complexity index is 333. The lowest BCUT2D eigenvalue weighted by Crippen LogP contribution is -2.50. The van der Waals surface area contributed by atoms with E-state index < -0.39 is 0 Å². The van der Waals surface area contributed by atoms with Crippen molar-refractivity contribution in [3.63, 3.8) is 0 Å². The van der Waals surface area contributed by atoms with Crippen LogP contribution >= 0.6 is 0 Å². The second-order valence-corrected chi connectivity index (χ2v) is 3.40. The average molecular weight is 192 g/mol. The molecule has 4 nitrogen and oxygen atoms in total. The molecule has 0 aliphatic carbocycles. The highest BCUT2D eigenvalue weighted by atomic mass is 16.2. The fourth-order valence-electron chi connectivity index (χ4n) is 1.81. The molecule has 1 saturated heterocycles. The zero-order valence-electron chi connectivity index (χ0n) is 7.90. The van der Waals surface area contributed by atoms with Gasteiger partial charge in [0.05, 0.1) is 0 Å². The summed E-state index contributed by atoms with van der Waals surface area (Å²) in [6.07, 6.45) is 4.25. The maximum Gasteiger partial charge on any atom is 0.270 e. The second-order valence-electron chi connectivity index (χ2n) is 3.40. The normalized spacial score (nSPS) is 21.0. The fraction of sp³-hybridized carbons (Fsp3) is 0.400. The number of hydrogen-bond donors (Lipinski definition) is 0. The van der Waals surface area contributed by atoms with Crippen molar-refractivity contribution in [1.82, 2.24) is 9.80 Å². The lowest BCUT2D eigenvalue weighted by atomic mass is 10.2. The number of hydrogen-bond acceptors (Lipinski definition) is 2. The van der Waals surface area contributed by atoms with E-state index in [1.54, 1.807) is 11.0 Å². The van der Waals surface area contributed by atoms with Gasteiger partial charge in [-0.3, -0.25) is 9.59 Å². The molecule has 0 spiro atoms. The molecule has 74 valence electrons. The van der Waals surface area contributed by atoms with E-state index in [0.717, 1.165) is 6.42 Å². The van der Waals surface area contributed by atoms with E-state index in [9.17, 15) is 9.59 Å². The predicted octanol–water partition coefficient (Wildman–Crippen LogP) is 0.131. The first kappa shape index (κ1) is 8.99. The summed E-state index contributed by atoms with van der Waals surface area (Å²) in [6, 6.07) is 0. The highest BCUT2D eigenvalue weighted by molar-refractivity contribution is 6.03. The summed E-state index contributed by atoms with van der Waals surface area (Å²) in [5.74, 6) is -0.0443. The Labute approximate surface area is 82.5 Å². The minimum absolute atomic E-state index is 0.00944. The Morgan fingerprint density at radius 2 is 2.29 bits per heavy atom. The van der Waals surface area contributed by atoms with Gasteiger partial charge in [-0.2, -0.15) is 0 Å². The molecule has 0 bridgehead atoms. The highest BCUT2D eigenvalue weighted by Crippen LogP contribution is 2.21. The minimum Gasteiger partial charge on any atom is -0.324 e. The Balaban J connectivity index is 2.23. The van der Waals surface area contributed by atoms with Crippen LogP contribution in [0.4, 0.5) is 0 Å². The van der Waals surface area contributed by atoms with Crippen LogP contribution in [0.1, 0.15) is 6.42 Å². The number of nitrogens with zero attached hydrogens (tertiary/aromatic N) is 2. The third-order valence-electron chi connectivity index (χ3n) is 2.46. The summed E-state index contributed by atoms with van der Waals surface area (Å²) in [5.41, 5.74) is 0.545. The van der Waals surface area contributed by atoms with Crippen molar-refractivity contribution in [1.29, 1.82) is 0 Å². The van der Waals surface area contributed by atoms with E-state index in [4.69, 9.17) is 0 Å². The summed E-state index contributed by atoms with van der Waals surface area (Å²) in [6.45, 7) is 4.84. The van der Waals surface area contributed by atoms with Crippen LogP contribution in [0.2, 0.25) is 0 Å². The monoisotopic (exact) mass is 192 g/mol. The van der Waals surface area contributed by atoms with Crippen LogP contribution in [-0.4, -0.2) is 41.2 Å². The van der Waals surface area contributed by atoms with Crippen LogP contribution in [-0.2, 0) is 9.59 Å². The number of carbonyl (C=O) groups excluding carboxylic acids is 2. The third kappa shape index (κ3) is 1.23. The molecule has 2 heterocycles. The van der Waals surface area contributed by atoms with Crippen molar-refractivity contribution in [2.24, 2.45) is 0 Å². The largest absolute Gasteiger partial charge is 0.324 e. The van der Waals surface area contributed by atoms with Gasteiger partial charge >= 0.3 is 0 Å². The van der Waals surface area contributed by atoms with E-state index in [2.05, 4.69) is 6.58 Å². The standard InChI is InChI=1S/C10H12N2O2/c1-2-5-11-7-9(13)12-6-3-4-8(12)10(11)14/h2,4H,1,3,5-7H2. The maximum absolute atomic E-state index is 11.8. The summed E-state index contributed by atoms with van der Waals surface area (Å²) < 4.78 is 0. The Hall–Kier alpha value is -1.58. The Kier molecular flexibility index (Phi) is 2.11. The molecule has 14 heavy (non-hydrogen) atoms. The van der Waals surface area contributed by atoms with Crippen molar-refractivity contribution in [2.75, 3.05) is 19.6 Å². The van der Waals surface area contributed by atoms with Crippen molar-refractivity contribution in [3.8, 4) is 0 Å². The van der Waals surface area contributed by atoms with Gasteiger partial charge in [0, 0.05) is 13.1 Å². The molecule has 2 amide bonds. The molecule has 1 fully saturated rings. The van der Waals surface area contributed by atoms with Gasteiger partial charge in [-0.05, 0) is 6.42 Å². The molecular weight excluding hydrogens is 180 g/mol. The number of fused-ring (bicyclic) bond motifs is 1.